The molecule has 0 spiro atoms. The summed E-state index contributed by atoms with van der Waals surface area (Å²) in [5.74, 6) is 0.00482. The zero-order chi connectivity index (χ0) is 22.8. The van der Waals surface area contributed by atoms with Crippen LogP contribution in [-0.2, 0) is 0 Å². The molecule has 4 aromatic rings. The second-order valence-corrected chi connectivity index (χ2v) is 8.57. The highest BCUT2D eigenvalue weighted by molar-refractivity contribution is 5.95. The molecule has 1 saturated carbocycles. The van der Waals surface area contributed by atoms with Crippen LogP contribution in [0, 0.1) is 0 Å². The topological polar surface area (TPSA) is 69.5 Å². The van der Waals surface area contributed by atoms with Gasteiger partial charge in [0, 0.05) is 59.5 Å². The molecule has 168 valence electrons. The fraction of sp³-hybridized carbons (Fsp3) is 0.222. The van der Waals surface area contributed by atoms with Crippen molar-refractivity contribution in [2.45, 2.75) is 18.9 Å². The van der Waals surface area contributed by atoms with Gasteiger partial charge in [0.1, 0.15) is 0 Å². The van der Waals surface area contributed by atoms with Crippen LogP contribution in [0.25, 0.3) is 16.6 Å². The number of nitrogens with zero attached hydrogens (tertiary/aromatic N) is 2. The fourth-order valence-corrected chi connectivity index (χ4v) is 3.96. The minimum Gasteiger partial charge on any atom is -0.395 e. The Morgan fingerprint density at radius 1 is 1.00 bits per heavy atom. The number of aromatic nitrogens is 1. The van der Waals surface area contributed by atoms with E-state index in [-0.39, 0.29) is 12.5 Å². The summed E-state index contributed by atoms with van der Waals surface area (Å²) in [6, 6.07) is 24.7. The number of nitrogens with one attached hydrogen (secondary N) is 2. The van der Waals surface area contributed by atoms with E-state index in [0.717, 1.165) is 46.5 Å². The summed E-state index contributed by atoms with van der Waals surface area (Å²) in [7, 11) is 1.97. The van der Waals surface area contributed by atoms with Crippen LogP contribution in [0.3, 0.4) is 0 Å². The van der Waals surface area contributed by atoms with Crippen molar-refractivity contribution in [1.29, 1.82) is 0 Å². The Hall–Kier alpha value is -3.77. The summed E-state index contributed by atoms with van der Waals surface area (Å²) in [6.45, 7) is 0.743. The van der Waals surface area contributed by atoms with Gasteiger partial charge in [0.25, 0.3) is 5.91 Å². The minimum absolute atomic E-state index is 0.00482. The molecular formula is C27H28N4O2. The Bertz CT molecular complexity index is 1260. The first-order chi connectivity index (χ1) is 16.1. The lowest BCUT2D eigenvalue weighted by Crippen LogP contribution is -2.25. The number of aliphatic hydroxyl groups is 1. The molecule has 1 heterocycles. The molecule has 6 nitrogen and oxygen atoms in total. The van der Waals surface area contributed by atoms with E-state index in [1.54, 1.807) is 0 Å². The molecule has 6 heteroatoms. The van der Waals surface area contributed by atoms with Crippen LogP contribution in [0.15, 0.2) is 79.0 Å². The summed E-state index contributed by atoms with van der Waals surface area (Å²) < 4.78 is 2.13. The van der Waals surface area contributed by atoms with Crippen LogP contribution in [0.5, 0.6) is 0 Å². The van der Waals surface area contributed by atoms with Gasteiger partial charge in [-0.2, -0.15) is 0 Å². The van der Waals surface area contributed by atoms with Gasteiger partial charge >= 0.3 is 0 Å². The summed E-state index contributed by atoms with van der Waals surface area (Å²) in [5.41, 5.74) is 5.92. The average Bonchev–Trinajstić information content (AvgIpc) is 3.55. The first kappa shape index (κ1) is 21.1. The maximum absolute atomic E-state index is 12.2. The second kappa shape index (κ2) is 9.00. The van der Waals surface area contributed by atoms with Gasteiger partial charge in [-0.05, 0) is 85.6 Å². The van der Waals surface area contributed by atoms with E-state index >= 15 is 0 Å². The molecule has 3 N–H and O–H groups in total. The predicted molar refractivity (Wildman–Crippen MR) is 134 cm³/mol. The van der Waals surface area contributed by atoms with Crippen molar-refractivity contribution in [3.05, 3.63) is 84.6 Å². The van der Waals surface area contributed by atoms with Crippen LogP contribution >= 0.6 is 0 Å². The van der Waals surface area contributed by atoms with Gasteiger partial charge in [-0.25, -0.2) is 0 Å². The average molecular weight is 441 g/mol. The zero-order valence-corrected chi connectivity index (χ0v) is 18.7. The third kappa shape index (κ3) is 4.71. The molecule has 1 aliphatic carbocycles. The number of aliphatic hydroxyl groups excluding tert-OH is 1. The molecule has 3 aromatic carbocycles. The van der Waals surface area contributed by atoms with Crippen molar-refractivity contribution in [3.8, 4) is 5.69 Å². The van der Waals surface area contributed by atoms with Gasteiger partial charge in [0.2, 0.25) is 0 Å². The number of rotatable bonds is 8. The van der Waals surface area contributed by atoms with Crippen LogP contribution in [0.4, 0.5) is 17.1 Å². The van der Waals surface area contributed by atoms with E-state index in [2.05, 4.69) is 45.7 Å². The summed E-state index contributed by atoms with van der Waals surface area (Å²) in [5, 5.41) is 16.7. The number of amides is 1. The van der Waals surface area contributed by atoms with Gasteiger partial charge in [-0.1, -0.05) is 0 Å². The van der Waals surface area contributed by atoms with E-state index < -0.39 is 0 Å². The maximum Gasteiger partial charge on any atom is 0.251 e. The number of likely N-dealkylation sites (N-methyl/N-ethyl adjacent to an activating group) is 1. The summed E-state index contributed by atoms with van der Waals surface area (Å²) in [4.78, 5) is 14.3. The van der Waals surface area contributed by atoms with Gasteiger partial charge in [-0.3, -0.25) is 4.79 Å². The number of carbonyl (C=O) groups excluding carboxylic acids is 1. The smallest absolute Gasteiger partial charge is 0.251 e. The second-order valence-electron chi connectivity index (χ2n) is 8.57. The predicted octanol–water partition coefficient (Wildman–Crippen LogP) is 4.69. The number of fused-ring (bicyclic) bond motifs is 1. The Labute approximate surface area is 193 Å². The van der Waals surface area contributed by atoms with Crippen LogP contribution in [0.2, 0.25) is 0 Å². The molecule has 5 rings (SSSR count). The largest absolute Gasteiger partial charge is 0.395 e. The number of carbonyl (C=O) groups is 1. The molecule has 1 fully saturated rings. The van der Waals surface area contributed by atoms with E-state index in [1.165, 1.54) is 0 Å². The van der Waals surface area contributed by atoms with Crippen LogP contribution in [-0.4, -0.2) is 41.8 Å². The number of hydrogen-bond acceptors (Lipinski definition) is 4. The summed E-state index contributed by atoms with van der Waals surface area (Å²) in [6.07, 6.45) is 4.23. The fourth-order valence-electron chi connectivity index (χ4n) is 3.96. The Morgan fingerprint density at radius 3 is 2.42 bits per heavy atom. The molecule has 1 amide bonds. The summed E-state index contributed by atoms with van der Waals surface area (Å²) >= 11 is 0. The highest BCUT2D eigenvalue weighted by Crippen LogP contribution is 2.27. The Kier molecular flexibility index (Phi) is 5.75. The van der Waals surface area contributed by atoms with E-state index in [1.807, 2.05) is 60.5 Å². The number of anilines is 3. The van der Waals surface area contributed by atoms with Crippen molar-refractivity contribution in [2.24, 2.45) is 0 Å². The minimum atomic E-state index is 0.00482. The third-order valence-electron chi connectivity index (χ3n) is 6.04. The lowest BCUT2D eigenvalue weighted by atomic mass is 10.2. The van der Waals surface area contributed by atoms with Gasteiger partial charge < -0.3 is 25.2 Å². The SMILES string of the molecule is CN(CCO)c1ccc(Nc2ccc3c(ccn3-c3ccc(C(=O)NC4CC4)cc3)c2)cc1. The molecule has 0 bridgehead atoms. The van der Waals surface area contributed by atoms with Gasteiger partial charge in [0.15, 0.2) is 0 Å². The zero-order valence-electron chi connectivity index (χ0n) is 18.7. The highest BCUT2D eigenvalue weighted by atomic mass is 16.3. The van der Waals surface area contributed by atoms with Crippen molar-refractivity contribution < 1.29 is 9.90 Å². The van der Waals surface area contributed by atoms with E-state index in [9.17, 15) is 4.79 Å². The van der Waals surface area contributed by atoms with Crippen molar-refractivity contribution in [2.75, 3.05) is 30.4 Å². The monoisotopic (exact) mass is 440 g/mol. The lowest BCUT2D eigenvalue weighted by Gasteiger charge is -2.18. The molecule has 0 unspecified atom stereocenters. The highest BCUT2D eigenvalue weighted by Gasteiger charge is 2.23. The normalized spacial score (nSPS) is 13.2. The quantitative estimate of drug-likeness (QED) is 0.372. The lowest BCUT2D eigenvalue weighted by molar-refractivity contribution is 0.0951. The number of hydrogen-bond donors (Lipinski definition) is 3. The van der Waals surface area contributed by atoms with Crippen molar-refractivity contribution in [1.82, 2.24) is 9.88 Å². The molecule has 0 aliphatic heterocycles. The Balaban J connectivity index is 1.31. The molecule has 0 atom stereocenters. The molecule has 33 heavy (non-hydrogen) atoms. The first-order valence-corrected chi connectivity index (χ1v) is 11.3. The van der Waals surface area contributed by atoms with Crippen LogP contribution < -0.4 is 15.5 Å². The molecule has 1 aromatic heterocycles. The molecule has 1 aliphatic rings. The third-order valence-corrected chi connectivity index (χ3v) is 6.04. The van der Waals surface area contributed by atoms with E-state index in [4.69, 9.17) is 5.11 Å². The molecular weight excluding hydrogens is 412 g/mol. The standard InChI is InChI=1S/C27H28N4O2/c1-30(16-17-32)24-11-6-21(7-12-24)28-23-8-13-26-20(18-23)14-15-31(26)25-9-2-19(3-10-25)27(33)29-22-4-5-22/h2-3,6-15,18,22,28,32H,4-5,16-17H2,1H3,(H,29,33). The van der Waals surface area contributed by atoms with Crippen molar-refractivity contribution >= 4 is 33.9 Å². The number of benzene rings is 3. The first-order valence-electron chi connectivity index (χ1n) is 11.3. The van der Waals surface area contributed by atoms with E-state index in [0.29, 0.717) is 18.2 Å². The van der Waals surface area contributed by atoms with Crippen molar-refractivity contribution in [3.63, 3.8) is 0 Å². The maximum atomic E-state index is 12.2. The molecule has 0 saturated heterocycles. The van der Waals surface area contributed by atoms with Gasteiger partial charge in [0.05, 0.1) is 12.1 Å². The van der Waals surface area contributed by atoms with Crippen LogP contribution in [0.1, 0.15) is 23.2 Å². The molecule has 0 radical (unpaired) electrons. The van der Waals surface area contributed by atoms with Gasteiger partial charge in [-0.15, -0.1) is 0 Å². The Morgan fingerprint density at radius 2 is 1.73 bits per heavy atom.